The van der Waals surface area contributed by atoms with Crippen LogP contribution in [0.4, 0.5) is 4.39 Å². The fourth-order valence-corrected chi connectivity index (χ4v) is 2.68. The van der Waals surface area contributed by atoms with Crippen molar-refractivity contribution in [3.63, 3.8) is 0 Å². The van der Waals surface area contributed by atoms with Crippen LogP contribution in [0.2, 0.25) is 0 Å². The lowest BCUT2D eigenvalue weighted by atomic mass is 9.95. The van der Waals surface area contributed by atoms with Crippen molar-refractivity contribution in [2.24, 2.45) is 0 Å². The first-order valence-corrected chi connectivity index (χ1v) is 5.95. The molecule has 2 bridgehead atoms. The van der Waals surface area contributed by atoms with Gasteiger partial charge in [0.05, 0.1) is 23.8 Å². The van der Waals surface area contributed by atoms with Crippen molar-refractivity contribution in [3.05, 3.63) is 35.6 Å². The van der Waals surface area contributed by atoms with Crippen molar-refractivity contribution in [3.8, 4) is 0 Å². The number of amides is 1. The second-order valence-electron chi connectivity index (χ2n) is 4.67. The number of nitrogens with one attached hydrogen (secondary N) is 1. The number of hydrogen-bond acceptors (Lipinski definition) is 2. The standard InChI is InChI=1S/C13H14FNO2/c14-10-4-2-1-3-9(10)13(16)15-11-7-8-5-6-12(11)17-8/h1-4,8,11-12H,5-7H2,(H,15,16). The molecule has 2 aliphatic rings. The zero-order chi connectivity index (χ0) is 11.8. The molecule has 3 atom stereocenters. The second-order valence-corrected chi connectivity index (χ2v) is 4.67. The van der Waals surface area contributed by atoms with Crippen LogP contribution in [0.25, 0.3) is 0 Å². The van der Waals surface area contributed by atoms with Gasteiger partial charge in [0.15, 0.2) is 0 Å². The van der Waals surface area contributed by atoms with E-state index >= 15 is 0 Å². The summed E-state index contributed by atoms with van der Waals surface area (Å²) in [5.41, 5.74) is 0.107. The van der Waals surface area contributed by atoms with Gasteiger partial charge in [0.25, 0.3) is 5.91 Å². The Morgan fingerprint density at radius 2 is 2.18 bits per heavy atom. The average Bonchev–Trinajstić information content (AvgIpc) is 2.91. The zero-order valence-electron chi connectivity index (χ0n) is 9.36. The highest BCUT2D eigenvalue weighted by atomic mass is 19.1. The van der Waals surface area contributed by atoms with Crippen molar-refractivity contribution in [2.45, 2.75) is 37.5 Å². The summed E-state index contributed by atoms with van der Waals surface area (Å²) in [5.74, 6) is -0.821. The topological polar surface area (TPSA) is 38.3 Å². The van der Waals surface area contributed by atoms with E-state index in [0.717, 1.165) is 19.3 Å². The van der Waals surface area contributed by atoms with Gasteiger partial charge in [-0.2, -0.15) is 0 Å². The molecule has 0 aliphatic carbocycles. The highest BCUT2D eigenvalue weighted by molar-refractivity contribution is 5.94. The van der Waals surface area contributed by atoms with E-state index in [9.17, 15) is 9.18 Å². The first-order chi connectivity index (χ1) is 8.24. The van der Waals surface area contributed by atoms with E-state index in [1.54, 1.807) is 12.1 Å². The molecule has 0 spiro atoms. The number of hydrogen-bond donors (Lipinski definition) is 1. The Morgan fingerprint density at radius 3 is 2.82 bits per heavy atom. The second kappa shape index (κ2) is 4.11. The normalized spacial score (nSPS) is 30.5. The van der Waals surface area contributed by atoms with Crippen LogP contribution in [0, 0.1) is 5.82 Å². The number of carbonyl (C=O) groups is 1. The van der Waals surface area contributed by atoms with E-state index in [2.05, 4.69) is 5.32 Å². The number of halogens is 1. The number of benzene rings is 1. The smallest absolute Gasteiger partial charge is 0.254 e. The molecule has 0 aromatic heterocycles. The minimum atomic E-state index is -0.478. The third-order valence-electron chi connectivity index (χ3n) is 3.54. The largest absolute Gasteiger partial charge is 0.373 e. The maximum atomic E-state index is 13.4. The molecule has 2 heterocycles. The summed E-state index contributed by atoms with van der Waals surface area (Å²) in [7, 11) is 0. The molecular weight excluding hydrogens is 221 g/mol. The van der Waals surface area contributed by atoms with Crippen LogP contribution in [-0.2, 0) is 4.74 Å². The lowest BCUT2D eigenvalue weighted by Gasteiger charge is -2.20. The van der Waals surface area contributed by atoms with Crippen molar-refractivity contribution in [1.29, 1.82) is 0 Å². The van der Waals surface area contributed by atoms with Gasteiger partial charge < -0.3 is 10.1 Å². The third-order valence-corrected chi connectivity index (χ3v) is 3.54. The first-order valence-electron chi connectivity index (χ1n) is 5.95. The van der Waals surface area contributed by atoms with Crippen molar-refractivity contribution < 1.29 is 13.9 Å². The highest BCUT2D eigenvalue weighted by Gasteiger charge is 2.41. The molecule has 1 aromatic carbocycles. The summed E-state index contributed by atoms with van der Waals surface area (Å²) in [5, 5.41) is 2.86. The summed E-state index contributed by atoms with van der Waals surface area (Å²) in [6.45, 7) is 0. The molecule has 2 fully saturated rings. The average molecular weight is 235 g/mol. The van der Waals surface area contributed by atoms with Crippen LogP contribution >= 0.6 is 0 Å². The van der Waals surface area contributed by atoms with Crippen LogP contribution in [0.5, 0.6) is 0 Å². The number of rotatable bonds is 2. The Hall–Kier alpha value is -1.42. The fraction of sp³-hybridized carbons (Fsp3) is 0.462. The molecule has 1 aromatic rings. The molecular formula is C13H14FNO2. The number of carbonyl (C=O) groups excluding carboxylic acids is 1. The molecule has 4 heteroatoms. The summed E-state index contributed by atoms with van der Waals surface area (Å²) in [4.78, 5) is 11.9. The number of ether oxygens (including phenoxy) is 1. The van der Waals surface area contributed by atoms with E-state index in [1.165, 1.54) is 12.1 Å². The fourth-order valence-electron chi connectivity index (χ4n) is 2.68. The van der Waals surface area contributed by atoms with Gasteiger partial charge in [-0.3, -0.25) is 4.79 Å². The molecule has 0 saturated carbocycles. The molecule has 3 rings (SSSR count). The molecule has 1 amide bonds. The summed E-state index contributed by atoms with van der Waals surface area (Å²) in [6.07, 6.45) is 3.33. The minimum Gasteiger partial charge on any atom is -0.373 e. The molecule has 3 unspecified atom stereocenters. The Balaban J connectivity index is 1.70. The predicted molar refractivity (Wildman–Crippen MR) is 60.2 cm³/mol. The SMILES string of the molecule is O=C(NC1CC2CCC1O2)c1ccccc1F. The van der Waals surface area contributed by atoms with Gasteiger partial charge in [-0.05, 0) is 31.4 Å². The van der Waals surface area contributed by atoms with Gasteiger partial charge in [0.1, 0.15) is 5.82 Å². The third kappa shape index (κ3) is 1.93. The van der Waals surface area contributed by atoms with Crippen molar-refractivity contribution in [2.75, 3.05) is 0 Å². The van der Waals surface area contributed by atoms with E-state index in [-0.39, 0.29) is 29.7 Å². The molecule has 17 heavy (non-hydrogen) atoms. The van der Waals surface area contributed by atoms with Crippen LogP contribution < -0.4 is 5.32 Å². The molecule has 0 radical (unpaired) electrons. The summed E-state index contributed by atoms with van der Waals surface area (Å²) in [6, 6.07) is 6.08. The Morgan fingerprint density at radius 1 is 1.35 bits per heavy atom. The molecule has 2 aliphatic heterocycles. The monoisotopic (exact) mass is 235 g/mol. The zero-order valence-corrected chi connectivity index (χ0v) is 9.36. The quantitative estimate of drug-likeness (QED) is 0.850. The van der Waals surface area contributed by atoms with Crippen LogP contribution in [0.15, 0.2) is 24.3 Å². The van der Waals surface area contributed by atoms with Gasteiger partial charge in [-0.1, -0.05) is 12.1 Å². The van der Waals surface area contributed by atoms with Gasteiger partial charge in [0.2, 0.25) is 0 Å². The Kier molecular flexibility index (Phi) is 2.59. The Labute approximate surface area is 99.0 Å². The van der Waals surface area contributed by atoms with E-state index in [0.29, 0.717) is 0 Å². The van der Waals surface area contributed by atoms with Crippen LogP contribution in [0.3, 0.4) is 0 Å². The van der Waals surface area contributed by atoms with E-state index < -0.39 is 5.82 Å². The molecule has 3 nitrogen and oxygen atoms in total. The molecule has 1 N–H and O–H groups in total. The highest BCUT2D eigenvalue weighted by Crippen LogP contribution is 2.34. The maximum absolute atomic E-state index is 13.4. The molecule has 2 saturated heterocycles. The van der Waals surface area contributed by atoms with Crippen LogP contribution in [0.1, 0.15) is 29.6 Å². The van der Waals surface area contributed by atoms with Gasteiger partial charge in [0, 0.05) is 0 Å². The first kappa shape index (κ1) is 10.7. The van der Waals surface area contributed by atoms with Gasteiger partial charge in [-0.15, -0.1) is 0 Å². The molecule has 90 valence electrons. The minimum absolute atomic E-state index is 0.0425. The van der Waals surface area contributed by atoms with Gasteiger partial charge in [-0.25, -0.2) is 4.39 Å². The van der Waals surface area contributed by atoms with Gasteiger partial charge >= 0.3 is 0 Å². The van der Waals surface area contributed by atoms with Crippen molar-refractivity contribution >= 4 is 5.91 Å². The summed E-state index contributed by atoms with van der Waals surface area (Å²) >= 11 is 0. The maximum Gasteiger partial charge on any atom is 0.254 e. The Bertz CT molecular complexity index is 449. The van der Waals surface area contributed by atoms with E-state index in [4.69, 9.17) is 4.74 Å². The van der Waals surface area contributed by atoms with Crippen LogP contribution in [-0.4, -0.2) is 24.2 Å². The lowest BCUT2D eigenvalue weighted by Crippen LogP contribution is -2.41. The lowest BCUT2D eigenvalue weighted by molar-refractivity contribution is 0.0838. The van der Waals surface area contributed by atoms with E-state index in [1.807, 2.05) is 0 Å². The predicted octanol–water partition coefficient (Wildman–Crippen LogP) is 1.88. The van der Waals surface area contributed by atoms with Crippen molar-refractivity contribution in [1.82, 2.24) is 5.32 Å². The number of fused-ring (bicyclic) bond motifs is 2. The summed E-state index contributed by atoms with van der Waals surface area (Å²) < 4.78 is 19.1.